The van der Waals surface area contributed by atoms with E-state index in [2.05, 4.69) is 47.4 Å². The first-order valence-corrected chi connectivity index (χ1v) is 8.49. The summed E-state index contributed by atoms with van der Waals surface area (Å²) in [6, 6.07) is 10.5. The second-order valence-electron chi connectivity index (χ2n) is 6.42. The van der Waals surface area contributed by atoms with Crippen LogP contribution in [0.25, 0.3) is 10.9 Å². The molecule has 1 aliphatic carbocycles. The van der Waals surface area contributed by atoms with Crippen molar-refractivity contribution in [3.05, 3.63) is 60.0 Å². The molecule has 4 rings (SSSR count). The average Bonchev–Trinajstić information content (AvgIpc) is 3.34. The van der Waals surface area contributed by atoms with Gasteiger partial charge in [-0.2, -0.15) is 0 Å². The van der Waals surface area contributed by atoms with Crippen LogP contribution in [0.1, 0.15) is 43.2 Å². The number of aromatic nitrogens is 2. The number of H-pyrrole nitrogens is 1. The van der Waals surface area contributed by atoms with Crippen LogP contribution >= 0.6 is 0 Å². The number of benzene rings is 1. The quantitative estimate of drug-likeness (QED) is 0.704. The summed E-state index contributed by atoms with van der Waals surface area (Å²) in [4.78, 5) is 7.71. The first kappa shape index (κ1) is 14.3. The van der Waals surface area contributed by atoms with Crippen LogP contribution in [0.5, 0.6) is 5.75 Å². The molecule has 0 radical (unpaired) electrons. The topological polar surface area (TPSA) is 37.9 Å². The van der Waals surface area contributed by atoms with Gasteiger partial charge in [-0.3, -0.25) is 4.98 Å². The van der Waals surface area contributed by atoms with Gasteiger partial charge in [-0.1, -0.05) is 19.1 Å². The first-order chi connectivity index (χ1) is 11.4. The van der Waals surface area contributed by atoms with Crippen molar-refractivity contribution in [3.8, 4) is 5.75 Å². The van der Waals surface area contributed by atoms with Gasteiger partial charge in [0.15, 0.2) is 0 Å². The zero-order valence-corrected chi connectivity index (χ0v) is 13.5. The molecule has 118 valence electrons. The molecule has 1 fully saturated rings. The molecule has 0 spiro atoms. The van der Waals surface area contributed by atoms with Gasteiger partial charge >= 0.3 is 0 Å². The Morgan fingerprint density at radius 2 is 2.17 bits per heavy atom. The third kappa shape index (κ3) is 2.83. The van der Waals surface area contributed by atoms with Crippen molar-refractivity contribution < 1.29 is 4.74 Å². The Labute approximate surface area is 136 Å². The van der Waals surface area contributed by atoms with E-state index in [-0.39, 0.29) is 0 Å². The largest absolute Gasteiger partial charge is 0.493 e. The highest BCUT2D eigenvalue weighted by Gasteiger charge is 2.23. The van der Waals surface area contributed by atoms with Gasteiger partial charge in [0.05, 0.1) is 6.61 Å². The maximum Gasteiger partial charge on any atom is 0.128 e. The van der Waals surface area contributed by atoms with Crippen molar-refractivity contribution in [3.63, 3.8) is 0 Å². The van der Waals surface area contributed by atoms with Gasteiger partial charge in [-0.15, -0.1) is 0 Å². The summed E-state index contributed by atoms with van der Waals surface area (Å²) in [5, 5.41) is 1.23. The summed E-state index contributed by atoms with van der Waals surface area (Å²) in [6.07, 6.45) is 9.59. The highest BCUT2D eigenvalue weighted by atomic mass is 16.5. The van der Waals surface area contributed by atoms with Crippen LogP contribution in [-0.4, -0.2) is 16.6 Å². The van der Waals surface area contributed by atoms with Gasteiger partial charge in [0.1, 0.15) is 5.75 Å². The third-order valence-corrected chi connectivity index (χ3v) is 4.74. The molecule has 3 nitrogen and oxygen atoms in total. The predicted molar refractivity (Wildman–Crippen MR) is 92.9 cm³/mol. The minimum absolute atomic E-state index is 0.336. The van der Waals surface area contributed by atoms with E-state index in [9.17, 15) is 0 Å². The number of nitrogens with zero attached hydrogens (tertiary/aromatic N) is 1. The summed E-state index contributed by atoms with van der Waals surface area (Å²) >= 11 is 0. The Bertz CT molecular complexity index is 790. The fraction of sp³-hybridized carbons (Fsp3) is 0.350. The summed E-state index contributed by atoms with van der Waals surface area (Å²) in [5.74, 6) is 2.10. The number of ether oxygens (including phenoxy) is 1. The third-order valence-electron chi connectivity index (χ3n) is 4.74. The molecule has 23 heavy (non-hydrogen) atoms. The summed E-state index contributed by atoms with van der Waals surface area (Å²) < 4.78 is 6.14. The van der Waals surface area contributed by atoms with Crippen molar-refractivity contribution >= 4 is 10.9 Å². The van der Waals surface area contributed by atoms with E-state index in [4.69, 9.17) is 4.74 Å². The molecule has 3 heteroatoms. The molecule has 2 aromatic heterocycles. The van der Waals surface area contributed by atoms with Crippen LogP contribution in [0.2, 0.25) is 0 Å². The van der Waals surface area contributed by atoms with Crippen LogP contribution in [0.15, 0.2) is 48.9 Å². The number of hydrogen-bond acceptors (Lipinski definition) is 2. The van der Waals surface area contributed by atoms with Gasteiger partial charge in [-0.05, 0) is 54.5 Å². The van der Waals surface area contributed by atoms with Gasteiger partial charge in [-0.25, -0.2) is 0 Å². The number of rotatable bonds is 6. The molecule has 0 bridgehead atoms. The number of aromatic amines is 1. The van der Waals surface area contributed by atoms with E-state index >= 15 is 0 Å². The van der Waals surface area contributed by atoms with Gasteiger partial charge in [0.25, 0.3) is 0 Å². The zero-order chi connectivity index (χ0) is 15.6. The second-order valence-corrected chi connectivity index (χ2v) is 6.42. The highest BCUT2D eigenvalue weighted by Crippen LogP contribution is 2.38. The van der Waals surface area contributed by atoms with E-state index in [1.807, 2.05) is 18.5 Å². The summed E-state index contributed by atoms with van der Waals surface area (Å²) in [6.45, 7) is 3.07. The van der Waals surface area contributed by atoms with E-state index in [1.165, 1.54) is 29.4 Å². The molecule has 1 saturated carbocycles. The maximum atomic E-state index is 6.14. The zero-order valence-electron chi connectivity index (χ0n) is 13.5. The number of nitrogens with one attached hydrogen (secondary N) is 1. The molecule has 0 aliphatic heterocycles. The molecule has 0 amide bonds. The Kier molecular flexibility index (Phi) is 3.78. The van der Waals surface area contributed by atoms with Crippen molar-refractivity contribution in [2.45, 2.75) is 32.1 Å². The van der Waals surface area contributed by atoms with Gasteiger partial charge < -0.3 is 9.72 Å². The van der Waals surface area contributed by atoms with E-state index in [1.54, 1.807) is 0 Å². The molecular weight excluding hydrogens is 284 g/mol. The summed E-state index contributed by atoms with van der Waals surface area (Å²) in [7, 11) is 0. The predicted octanol–water partition coefficient (Wildman–Crippen LogP) is 4.89. The van der Waals surface area contributed by atoms with Gasteiger partial charge in [0, 0.05) is 35.4 Å². The van der Waals surface area contributed by atoms with Crippen LogP contribution < -0.4 is 4.74 Å². The Morgan fingerprint density at radius 1 is 1.26 bits per heavy atom. The fourth-order valence-corrected chi connectivity index (χ4v) is 3.28. The monoisotopic (exact) mass is 306 g/mol. The lowest BCUT2D eigenvalue weighted by molar-refractivity contribution is 0.303. The minimum atomic E-state index is 0.336. The van der Waals surface area contributed by atoms with Crippen molar-refractivity contribution in [2.75, 3.05) is 6.61 Å². The lowest BCUT2D eigenvalue weighted by atomic mass is 9.90. The van der Waals surface area contributed by atoms with Crippen LogP contribution in [0, 0.1) is 5.92 Å². The Hall–Kier alpha value is -2.29. The molecule has 1 aromatic carbocycles. The number of hydrogen-bond donors (Lipinski definition) is 1. The second kappa shape index (κ2) is 6.07. The molecule has 1 N–H and O–H groups in total. The Morgan fingerprint density at radius 3 is 2.91 bits per heavy atom. The number of pyridine rings is 1. The lowest BCUT2D eigenvalue weighted by Crippen LogP contribution is -2.02. The van der Waals surface area contributed by atoms with Crippen molar-refractivity contribution in [1.29, 1.82) is 0 Å². The fourth-order valence-electron chi connectivity index (χ4n) is 3.28. The molecule has 2 heterocycles. The van der Waals surface area contributed by atoms with Gasteiger partial charge in [0.2, 0.25) is 0 Å². The first-order valence-electron chi connectivity index (χ1n) is 8.49. The molecule has 1 aliphatic rings. The Balaban J connectivity index is 1.76. The van der Waals surface area contributed by atoms with Crippen molar-refractivity contribution in [1.82, 2.24) is 9.97 Å². The molecule has 1 unspecified atom stereocenters. The van der Waals surface area contributed by atoms with Crippen LogP contribution in [0.3, 0.4) is 0 Å². The average molecular weight is 306 g/mol. The van der Waals surface area contributed by atoms with E-state index < -0.39 is 0 Å². The van der Waals surface area contributed by atoms with Crippen molar-refractivity contribution in [2.24, 2.45) is 5.92 Å². The SMILES string of the molecule is CCC(c1cccnc1)c1c[nH]c2cccc(OCC3CC3)c12. The normalized spacial score (nSPS) is 15.7. The van der Waals surface area contributed by atoms with E-state index in [0.29, 0.717) is 5.92 Å². The van der Waals surface area contributed by atoms with Crippen LogP contribution in [0.4, 0.5) is 0 Å². The van der Waals surface area contributed by atoms with E-state index in [0.717, 1.165) is 30.2 Å². The standard InChI is InChI=1S/C20H22N2O/c1-2-16(15-5-4-10-21-11-15)17-12-22-18-6-3-7-19(20(17)18)23-13-14-8-9-14/h3-7,10-12,14,16,22H,2,8-9,13H2,1H3. The maximum absolute atomic E-state index is 6.14. The smallest absolute Gasteiger partial charge is 0.128 e. The molecule has 0 saturated heterocycles. The summed E-state index contributed by atoms with van der Waals surface area (Å²) in [5.41, 5.74) is 3.71. The lowest BCUT2D eigenvalue weighted by Gasteiger charge is -2.16. The number of fused-ring (bicyclic) bond motifs is 1. The van der Waals surface area contributed by atoms with Crippen LogP contribution in [-0.2, 0) is 0 Å². The molecule has 3 aromatic rings. The minimum Gasteiger partial charge on any atom is -0.493 e. The molecular formula is C20H22N2O. The highest BCUT2D eigenvalue weighted by molar-refractivity contribution is 5.90. The molecule has 1 atom stereocenters.